The highest BCUT2D eigenvalue weighted by atomic mass is 16.2. The first-order valence-corrected chi connectivity index (χ1v) is 8.15. The fourth-order valence-electron chi connectivity index (χ4n) is 2.59. The second-order valence-electron chi connectivity index (χ2n) is 5.84. The van der Waals surface area contributed by atoms with Crippen molar-refractivity contribution in [1.29, 1.82) is 5.26 Å². The third kappa shape index (κ3) is 4.36. The molecule has 4 heteroatoms. The molecule has 4 nitrogen and oxygen atoms in total. The molecular weight excluding hydrogens is 298 g/mol. The van der Waals surface area contributed by atoms with Crippen LogP contribution in [-0.4, -0.2) is 17.5 Å². The number of carbonyl (C=O) groups is 1. The van der Waals surface area contributed by atoms with Crippen LogP contribution in [0.4, 0.5) is 4.79 Å². The Balaban J connectivity index is 2.01. The van der Waals surface area contributed by atoms with Crippen LogP contribution in [0.3, 0.4) is 0 Å². The van der Waals surface area contributed by atoms with E-state index in [1.165, 1.54) is 5.56 Å². The Kier molecular flexibility index (Phi) is 5.97. The van der Waals surface area contributed by atoms with Crippen molar-refractivity contribution in [3.8, 4) is 6.07 Å². The number of rotatable bonds is 5. The lowest BCUT2D eigenvalue weighted by atomic mass is 10.1. The topological polar surface area (TPSA) is 56.1 Å². The van der Waals surface area contributed by atoms with E-state index in [1.807, 2.05) is 57.2 Å². The van der Waals surface area contributed by atoms with Crippen molar-refractivity contribution in [1.82, 2.24) is 10.2 Å². The molecule has 1 N–H and O–H groups in total. The van der Waals surface area contributed by atoms with Crippen LogP contribution in [0.2, 0.25) is 0 Å². The van der Waals surface area contributed by atoms with E-state index in [2.05, 4.69) is 11.4 Å². The van der Waals surface area contributed by atoms with E-state index in [4.69, 9.17) is 5.26 Å². The van der Waals surface area contributed by atoms with E-state index in [0.29, 0.717) is 18.7 Å². The maximum Gasteiger partial charge on any atom is 0.318 e. The van der Waals surface area contributed by atoms with E-state index in [1.54, 1.807) is 17.0 Å². The average Bonchev–Trinajstić information content (AvgIpc) is 2.61. The van der Waals surface area contributed by atoms with Crippen LogP contribution in [-0.2, 0) is 6.54 Å². The van der Waals surface area contributed by atoms with Crippen molar-refractivity contribution in [3.63, 3.8) is 0 Å². The standard InChI is InChI=1S/C20H23N3O/c1-4-23(16(3)19-11-9-17(13-21)10-12-19)20(24)22-14-18-7-5-15(2)6-8-18/h5-12,16H,4,14H2,1-3H3,(H,22,24)/t16-/m1/s1. The number of carbonyl (C=O) groups excluding carboxylic acids is 1. The smallest absolute Gasteiger partial charge is 0.318 e. The first-order chi connectivity index (χ1) is 11.5. The van der Waals surface area contributed by atoms with Crippen molar-refractivity contribution in [3.05, 3.63) is 70.8 Å². The SMILES string of the molecule is CCN(C(=O)NCc1ccc(C)cc1)[C@H](C)c1ccc(C#N)cc1. The highest BCUT2D eigenvalue weighted by Gasteiger charge is 2.19. The molecule has 0 aromatic heterocycles. The lowest BCUT2D eigenvalue weighted by molar-refractivity contribution is 0.182. The second-order valence-corrected chi connectivity index (χ2v) is 5.84. The molecule has 0 saturated carbocycles. The van der Waals surface area contributed by atoms with E-state index in [0.717, 1.165) is 11.1 Å². The second kappa shape index (κ2) is 8.16. The van der Waals surface area contributed by atoms with Gasteiger partial charge in [0.2, 0.25) is 0 Å². The van der Waals surface area contributed by atoms with Gasteiger partial charge in [-0.2, -0.15) is 5.26 Å². The van der Waals surface area contributed by atoms with Crippen LogP contribution < -0.4 is 5.32 Å². The molecule has 2 rings (SSSR count). The summed E-state index contributed by atoms with van der Waals surface area (Å²) in [6, 6.07) is 17.5. The highest BCUT2D eigenvalue weighted by Crippen LogP contribution is 2.20. The van der Waals surface area contributed by atoms with Crippen LogP contribution in [0.15, 0.2) is 48.5 Å². The van der Waals surface area contributed by atoms with Crippen LogP contribution in [0, 0.1) is 18.3 Å². The predicted octanol–water partition coefficient (Wildman–Crippen LogP) is 4.16. The molecule has 0 aliphatic rings. The Morgan fingerprint density at radius 3 is 2.33 bits per heavy atom. The van der Waals surface area contributed by atoms with Gasteiger partial charge in [0.1, 0.15) is 0 Å². The number of hydrogen-bond donors (Lipinski definition) is 1. The number of benzene rings is 2. The van der Waals surface area contributed by atoms with Gasteiger partial charge in [-0.25, -0.2) is 4.79 Å². The fourth-order valence-corrected chi connectivity index (χ4v) is 2.59. The van der Waals surface area contributed by atoms with E-state index in [-0.39, 0.29) is 12.1 Å². The summed E-state index contributed by atoms with van der Waals surface area (Å²) in [5, 5.41) is 11.9. The van der Waals surface area contributed by atoms with Gasteiger partial charge in [0, 0.05) is 13.1 Å². The highest BCUT2D eigenvalue weighted by molar-refractivity contribution is 5.74. The number of nitrogens with zero attached hydrogens (tertiary/aromatic N) is 2. The number of nitriles is 1. The molecule has 0 aliphatic carbocycles. The fraction of sp³-hybridized carbons (Fsp3) is 0.300. The summed E-state index contributed by atoms with van der Waals surface area (Å²) in [5.74, 6) is 0. The molecule has 2 aromatic carbocycles. The van der Waals surface area contributed by atoms with Gasteiger partial charge in [-0.05, 0) is 44.0 Å². The Labute approximate surface area is 143 Å². The average molecular weight is 321 g/mol. The van der Waals surface area contributed by atoms with E-state index >= 15 is 0 Å². The molecule has 2 aromatic rings. The number of hydrogen-bond acceptors (Lipinski definition) is 2. The number of urea groups is 1. The van der Waals surface area contributed by atoms with Gasteiger partial charge in [-0.15, -0.1) is 0 Å². The third-order valence-corrected chi connectivity index (χ3v) is 4.16. The maximum atomic E-state index is 12.5. The minimum Gasteiger partial charge on any atom is -0.334 e. The quantitative estimate of drug-likeness (QED) is 0.899. The van der Waals surface area contributed by atoms with Gasteiger partial charge in [0.25, 0.3) is 0 Å². The summed E-state index contributed by atoms with van der Waals surface area (Å²) in [5.41, 5.74) is 3.92. The Morgan fingerprint density at radius 2 is 1.79 bits per heavy atom. The van der Waals surface area contributed by atoms with Crippen molar-refractivity contribution >= 4 is 6.03 Å². The summed E-state index contributed by atoms with van der Waals surface area (Å²) in [6.07, 6.45) is 0. The van der Waals surface area contributed by atoms with Crippen molar-refractivity contribution in [2.45, 2.75) is 33.4 Å². The van der Waals surface area contributed by atoms with Gasteiger partial charge < -0.3 is 10.2 Å². The predicted molar refractivity (Wildman–Crippen MR) is 95.4 cm³/mol. The third-order valence-electron chi connectivity index (χ3n) is 4.16. The van der Waals surface area contributed by atoms with Gasteiger partial charge in [-0.3, -0.25) is 0 Å². The lowest BCUT2D eigenvalue weighted by Gasteiger charge is -2.28. The molecule has 0 spiro atoms. The summed E-state index contributed by atoms with van der Waals surface area (Å²) in [7, 11) is 0. The zero-order valence-corrected chi connectivity index (χ0v) is 14.4. The molecule has 124 valence electrons. The molecule has 2 amide bonds. The van der Waals surface area contributed by atoms with Gasteiger partial charge in [0.05, 0.1) is 17.7 Å². The Bertz CT molecular complexity index is 714. The molecule has 0 fully saturated rings. The maximum absolute atomic E-state index is 12.5. The molecular formula is C20H23N3O. The van der Waals surface area contributed by atoms with Gasteiger partial charge in [-0.1, -0.05) is 42.0 Å². The molecule has 0 bridgehead atoms. The molecule has 0 radical (unpaired) electrons. The number of amides is 2. The van der Waals surface area contributed by atoms with E-state index in [9.17, 15) is 4.79 Å². The zero-order valence-electron chi connectivity index (χ0n) is 14.4. The summed E-state index contributed by atoms with van der Waals surface area (Å²) >= 11 is 0. The molecule has 0 saturated heterocycles. The monoisotopic (exact) mass is 321 g/mol. The summed E-state index contributed by atoms with van der Waals surface area (Å²) in [6.45, 7) is 7.12. The molecule has 1 atom stereocenters. The number of aryl methyl sites for hydroxylation is 1. The minimum absolute atomic E-state index is 0.0549. The van der Waals surface area contributed by atoms with Crippen molar-refractivity contribution in [2.75, 3.05) is 6.54 Å². The molecule has 0 heterocycles. The van der Waals surface area contributed by atoms with Gasteiger partial charge >= 0.3 is 6.03 Å². The first-order valence-electron chi connectivity index (χ1n) is 8.15. The molecule has 24 heavy (non-hydrogen) atoms. The van der Waals surface area contributed by atoms with Crippen LogP contribution >= 0.6 is 0 Å². The lowest BCUT2D eigenvalue weighted by Crippen LogP contribution is -2.41. The van der Waals surface area contributed by atoms with Crippen molar-refractivity contribution in [2.24, 2.45) is 0 Å². The summed E-state index contributed by atoms with van der Waals surface area (Å²) < 4.78 is 0. The first kappa shape index (κ1) is 17.6. The van der Waals surface area contributed by atoms with E-state index < -0.39 is 0 Å². The molecule has 0 unspecified atom stereocenters. The van der Waals surface area contributed by atoms with Crippen LogP contribution in [0.5, 0.6) is 0 Å². The zero-order chi connectivity index (χ0) is 17.5. The Hall–Kier alpha value is -2.80. The van der Waals surface area contributed by atoms with Gasteiger partial charge in [0.15, 0.2) is 0 Å². The minimum atomic E-state index is -0.0880. The van der Waals surface area contributed by atoms with Crippen molar-refractivity contribution < 1.29 is 4.79 Å². The van der Waals surface area contributed by atoms with Crippen LogP contribution in [0.1, 0.15) is 42.1 Å². The number of nitrogens with one attached hydrogen (secondary N) is 1. The van der Waals surface area contributed by atoms with Crippen LogP contribution in [0.25, 0.3) is 0 Å². The molecule has 0 aliphatic heterocycles. The summed E-state index contributed by atoms with van der Waals surface area (Å²) in [4.78, 5) is 14.3. The Morgan fingerprint density at radius 1 is 1.17 bits per heavy atom. The normalized spacial score (nSPS) is 11.4. The largest absolute Gasteiger partial charge is 0.334 e.